The maximum Gasteiger partial charge on any atom is 0.123 e. The third-order valence-corrected chi connectivity index (χ3v) is 3.55. The van der Waals surface area contributed by atoms with E-state index in [0.29, 0.717) is 6.61 Å². The molecule has 1 aliphatic rings. The summed E-state index contributed by atoms with van der Waals surface area (Å²) in [5.41, 5.74) is 3.68. The molecule has 0 unspecified atom stereocenters. The Bertz CT molecular complexity index is 653. The average Bonchev–Trinajstić information content (AvgIpc) is 2.49. The van der Waals surface area contributed by atoms with E-state index < -0.39 is 0 Å². The molecule has 1 aliphatic heterocycles. The van der Waals surface area contributed by atoms with Crippen molar-refractivity contribution in [2.75, 3.05) is 6.61 Å². The minimum atomic E-state index is 0.669. The van der Waals surface area contributed by atoms with Gasteiger partial charge in [-0.3, -0.25) is 0 Å². The number of ether oxygens (including phenoxy) is 1. The van der Waals surface area contributed by atoms with Crippen molar-refractivity contribution in [2.45, 2.75) is 6.42 Å². The molecule has 1 nitrogen and oxygen atoms in total. The highest BCUT2D eigenvalue weighted by Crippen LogP contribution is 2.26. The zero-order valence-corrected chi connectivity index (χ0v) is 11.8. The summed E-state index contributed by atoms with van der Waals surface area (Å²) in [5, 5.41) is 0.762. The summed E-state index contributed by atoms with van der Waals surface area (Å²) >= 11 is 5.86. The van der Waals surface area contributed by atoms with Crippen LogP contribution in [0.1, 0.15) is 11.1 Å². The standard InChI is InChI=1S/C18H15ClO/c19-17-10-8-14(9-11-17)4-3-5-15-12-16-6-1-2-7-18(16)20-13-15/h1-11H,12-13H2/b4-3+,15-5-. The van der Waals surface area contributed by atoms with Crippen LogP contribution in [0.2, 0.25) is 5.02 Å². The topological polar surface area (TPSA) is 9.23 Å². The zero-order valence-electron chi connectivity index (χ0n) is 11.1. The fourth-order valence-corrected chi connectivity index (χ4v) is 2.36. The monoisotopic (exact) mass is 282 g/mol. The van der Waals surface area contributed by atoms with Crippen molar-refractivity contribution in [1.29, 1.82) is 0 Å². The molecule has 3 rings (SSSR count). The molecule has 0 fully saturated rings. The molecule has 0 N–H and O–H groups in total. The first-order chi connectivity index (χ1) is 9.81. The van der Waals surface area contributed by atoms with Crippen molar-refractivity contribution in [3.63, 3.8) is 0 Å². The van der Waals surface area contributed by atoms with Crippen molar-refractivity contribution in [3.05, 3.63) is 82.4 Å². The summed E-state index contributed by atoms with van der Waals surface area (Å²) < 4.78 is 5.73. The second-order valence-corrected chi connectivity index (χ2v) is 5.25. The number of rotatable bonds is 2. The van der Waals surface area contributed by atoms with Gasteiger partial charge < -0.3 is 4.74 Å². The van der Waals surface area contributed by atoms with Crippen molar-refractivity contribution in [2.24, 2.45) is 0 Å². The molecule has 2 aromatic carbocycles. The molecule has 0 radical (unpaired) electrons. The van der Waals surface area contributed by atoms with Crippen LogP contribution in [0.15, 0.2) is 66.3 Å². The van der Waals surface area contributed by atoms with Gasteiger partial charge >= 0.3 is 0 Å². The highest BCUT2D eigenvalue weighted by molar-refractivity contribution is 6.30. The van der Waals surface area contributed by atoms with Crippen LogP contribution < -0.4 is 4.74 Å². The van der Waals surface area contributed by atoms with Gasteiger partial charge in [-0.15, -0.1) is 0 Å². The molecule has 1 heterocycles. The molecule has 20 heavy (non-hydrogen) atoms. The zero-order chi connectivity index (χ0) is 13.8. The number of benzene rings is 2. The number of para-hydroxylation sites is 1. The molecule has 2 heteroatoms. The molecule has 2 aromatic rings. The third-order valence-electron chi connectivity index (χ3n) is 3.29. The summed E-state index contributed by atoms with van der Waals surface area (Å²) in [4.78, 5) is 0. The fourth-order valence-electron chi connectivity index (χ4n) is 2.23. The second kappa shape index (κ2) is 5.98. The SMILES string of the molecule is Clc1ccc(/C=C/C=C2\COc3ccccc3C2)cc1. The molecular formula is C18H15ClO. The van der Waals surface area contributed by atoms with Gasteiger partial charge in [-0.25, -0.2) is 0 Å². The molecule has 0 aliphatic carbocycles. The van der Waals surface area contributed by atoms with Crippen molar-refractivity contribution in [3.8, 4) is 5.75 Å². The van der Waals surface area contributed by atoms with Gasteiger partial charge in [-0.05, 0) is 34.9 Å². The Morgan fingerprint density at radius 1 is 1.00 bits per heavy atom. The molecule has 0 amide bonds. The number of fused-ring (bicyclic) bond motifs is 1. The van der Waals surface area contributed by atoms with Crippen molar-refractivity contribution < 1.29 is 4.74 Å². The van der Waals surface area contributed by atoms with Crippen molar-refractivity contribution in [1.82, 2.24) is 0 Å². The predicted octanol–water partition coefficient (Wildman–Crippen LogP) is 4.91. The molecule has 0 saturated heterocycles. The maximum atomic E-state index is 5.86. The average molecular weight is 283 g/mol. The lowest BCUT2D eigenvalue weighted by Gasteiger charge is -2.19. The van der Waals surface area contributed by atoms with Crippen LogP contribution in [-0.2, 0) is 6.42 Å². The summed E-state index contributed by atoms with van der Waals surface area (Å²) in [6, 6.07) is 16.0. The van der Waals surface area contributed by atoms with E-state index in [1.165, 1.54) is 11.1 Å². The van der Waals surface area contributed by atoms with E-state index in [9.17, 15) is 0 Å². The molecule has 0 saturated carbocycles. The van der Waals surface area contributed by atoms with Crippen LogP contribution in [-0.4, -0.2) is 6.61 Å². The lowest BCUT2D eigenvalue weighted by molar-refractivity contribution is 0.332. The lowest BCUT2D eigenvalue weighted by atomic mass is 10.0. The largest absolute Gasteiger partial charge is 0.489 e. The van der Waals surface area contributed by atoms with Gasteiger partial charge in [0.05, 0.1) is 0 Å². The molecule has 0 atom stereocenters. The summed E-state index contributed by atoms with van der Waals surface area (Å²) in [6.07, 6.45) is 7.23. The van der Waals surface area contributed by atoms with Crippen LogP contribution in [0.3, 0.4) is 0 Å². The summed E-state index contributed by atoms with van der Waals surface area (Å²) in [5.74, 6) is 1.01. The summed E-state index contributed by atoms with van der Waals surface area (Å²) in [6.45, 7) is 0.669. The van der Waals surface area contributed by atoms with Gasteiger partial charge in [0, 0.05) is 11.4 Å². The first kappa shape index (κ1) is 13.0. The van der Waals surface area contributed by atoms with Gasteiger partial charge in [0.1, 0.15) is 12.4 Å². The molecule has 100 valence electrons. The van der Waals surface area contributed by atoms with Crippen LogP contribution >= 0.6 is 11.6 Å². The normalized spacial score (nSPS) is 16.1. The predicted molar refractivity (Wildman–Crippen MR) is 84.2 cm³/mol. The van der Waals surface area contributed by atoms with E-state index in [2.05, 4.69) is 30.4 Å². The van der Waals surface area contributed by atoms with E-state index in [1.54, 1.807) is 0 Å². The number of halogens is 1. The van der Waals surface area contributed by atoms with E-state index in [4.69, 9.17) is 16.3 Å². The quantitative estimate of drug-likeness (QED) is 0.760. The van der Waals surface area contributed by atoms with Gasteiger partial charge in [0.15, 0.2) is 0 Å². The van der Waals surface area contributed by atoms with Crippen molar-refractivity contribution >= 4 is 17.7 Å². The molecular weight excluding hydrogens is 268 g/mol. The fraction of sp³-hybridized carbons (Fsp3) is 0.111. The van der Waals surface area contributed by atoms with Gasteiger partial charge in [-0.1, -0.05) is 60.2 Å². The second-order valence-electron chi connectivity index (χ2n) is 4.81. The smallest absolute Gasteiger partial charge is 0.123 e. The first-order valence-corrected chi connectivity index (χ1v) is 7.01. The number of allylic oxidation sites excluding steroid dienone is 2. The Morgan fingerprint density at radius 3 is 2.65 bits per heavy atom. The van der Waals surface area contributed by atoms with Gasteiger partial charge in [-0.2, -0.15) is 0 Å². The van der Waals surface area contributed by atoms with Crippen LogP contribution in [0.25, 0.3) is 6.08 Å². The van der Waals surface area contributed by atoms with Gasteiger partial charge in [0.2, 0.25) is 0 Å². The third kappa shape index (κ3) is 3.12. The summed E-state index contributed by atoms with van der Waals surface area (Å²) in [7, 11) is 0. The lowest BCUT2D eigenvalue weighted by Crippen LogP contribution is -2.11. The molecule has 0 spiro atoms. The minimum Gasteiger partial charge on any atom is -0.489 e. The van der Waals surface area contributed by atoms with Crippen LogP contribution in [0.5, 0.6) is 5.75 Å². The van der Waals surface area contributed by atoms with E-state index >= 15 is 0 Å². The Balaban J connectivity index is 1.70. The Labute approximate surface area is 124 Å². The Morgan fingerprint density at radius 2 is 1.80 bits per heavy atom. The van der Waals surface area contributed by atoms with E-state index in [-0.39, 0.29) is 0 Å². The highest BCUT2D eigenvalue weighted by atomic mass is 35.5. The van der Waals surface area contributed by atoms with Crippen LogP contribution in [0.4, 0.5) is 0 Å². The Hall–Kier alpha value is -1.99. The molecule has 0 aromatic heterocycles. The highest BCUT2D eigenvalue weighted by Gasteiger charge is 2.11. The number of hydrogen-bond acceptors (Lipinski definition) is 1. The van der Waals surface area contributed by atoms with E-state index in [0.717, 1.165) is 22.8 Å². The van der Waals surface area contributed by atoms with E-state index in [1.807, 2.05) is 36.4 Å². The number of hydrogen-bond donors (Lipinski definition) is 0. The maximum absolute atomic E-state index is 5.86. The molecule has 0 bridgehead atoms. The Kier molecular flexibility index (Phi) is 3.89. The van der Waals surface area contributed by atoms with Gasteiger partial charge in [0.25, 0.3) is 0 Å². The minimum absolute atomic E-state index is 0.669. The first-order valence-electron chi connectivity index (χ1n) is 6.64. The van der Waals surface area contributed by atoms with Crippen LogP contribution in [0, 0.1) is 0 Å².